The number of halogens is 2. The van der Waals surface area contributed by atoms with Gasteiger partial charge in [-0.05, 0) is 25.1 Å². The summed E-state index contributed by atoms with van der Waals surface area (Å²) in [6.45, 7) is 1.14. The van der Waals surface area contributed by atoms with Gasteiger partial charge >= 0.3 is 5.97 Å². The summed E-state index contributed by atoms with van der Waals surface area (Å²) < 4.78 is 31.0. The minimum absolute atomic E-state index is 0.182. The van der Waals surface area contributed by atoms with Gasteiger partial charge in [-0.3, -0.25) is 0 Å². The van der Waals surface area contributed by atoms with E-state index in [1.807, 2.05) is 0 Å². The third-order valence-electron chi connectivity index (χ3n) is 2.24. The second kappa shape index (κ2) is 5.09. The standard InChI is InChI=1S/C11H13F2NO3/c1-11(6-17-2,10(15)16)14-9-5-7(12)3-4-8(9)13/h3-5,14H,6H2,1-2H3,(H,15,16). The van der Waals surface area contributed by atoms with E-state index in [9.17, 15) is 13.6 Å². The van der Waals surface area contributed by atoms with Crippen LogP contribution in [0, 0.1) is 11.6 Å². The summed E-state index contributed by atoms with van der Waals surface area (Å²) in [5.74, 6) is -2.60. The van der Waals surface area contributed by atoms with Crippen LogP contribution in [0.3, 0.4) is 0 Å². The molecule has 94 valence electrons. The van der Waals surface area contributed by atoms with Gasteiger partial charge in [-0.15, -0.1) is 0 Å². The molecule has 0 saturated carbocycles. The summed E-state index contributed by atoms with van der Waals surface area (Å²) in [4.78, 5) is 11.1. The molecule has 0 heterocycles. The Labute approximate surface area is 97.2 Å². The molecule has 0 aliphatic heterocycles. The van der Waals surface area contributed by atoms with E-state index in [0.29, 0.717) is 0 Å². The molecule has 1 rings (SSSR count). The summed E-state index contributed by atoms with van der Waals surface area (Å²) in [5.41, 5.74) is -1.74. The highest BCUT2D eigenvalue weighted by molar-refractivity contribution is 5.82. The Morgan fingerprint density at radius 3 is 2.71 bits per heavy atom. The molecule has 4 nitrogen and oxygen atoms in total. The molecule has 6 heteroatoms. The molecule has 0 aromatic heterocycles. The molecule has 17 heavy (non-hydrogen) atoms. The zero-order chi connectivity index (χ0) is 13.1. The summed E-state index contributed by atoms with van der Waals surface area (Å²) in [5, 5.41) is 11.5. The average Bonchev–Trinajstić information content (AvgIpc) is 2.23. The number of nitrogens with one attached hydrogen (secondary N) is 1. The smallest absolute Gasteiger partial charge is 0.331 e. The van der Waals surface area contributed by atoms with Crippen molar-refractivity contribution in [3.8, 4) is 0 Å². The fourth-order valence-corrected chi connectivity index (χ4v) is 1.33. The Kier molecular flexibility index (Phi) is 4.01. The first-order valence-electron chi connectivity index (χ1n) is 4.84. The highest BCUT2D eigenvalue weighted by atomic mass is 19.1. The van der Waals surface area contributed by atoms with Crippen LogP contribution in [-0.2, 0) is 9.53 Å². The lowest BCUT2D eigenvalue weighted by Crippen LogP contribution is -2.47. The fraction of sp³-hybridized carbons (Fsp3) is 0.364. The summed E-state index contributed by atoms with van der Waals surface area (Å²) in [6.07, 6.45) is 0. The topological polar surface area (TPSA) is 58.6 Å². The second-order valence-electron chi connectivity index (χ2n) is 3.82. The Bertz CT molecular complexity index is 425. The molecule has 1 aromatic rings. The van der Waals surface area contributed by atoms with Gasteiger partial charge in [-0.25, -0.2) is 13.6 Å². The Balaban J connectivity index is 3.01. The number of ether oxygens (including phenoxy) is 1. The van der Waals surface area contributed by atoms with Crippen molar-refractivity contribution in [3.63, 3.8) is 0 Å². The van der Waals surface area contributed by atoms with E-state index >= 15 is 0 Å². The third-order valence-corrected chi connectivity index (χ3v) is 2.24. The highest BCUT2D eigenvalue weighted by Crippen LogP contribution is 2.20. The lowest BCUT2D eigenvalue weighted by Gasteiger charge is -2.26. The van der Waals surface area contributed by atoms with Gasteiger partial charge in [0.05, 0.1) is 12.3 Å². The van der Waals surface area contributed by atoms with Gasteiger partial charge < -0.3 is 15.2 Å². The predicted octanol–water partition coefficient (Wildman–Crippen LogP) is 1.87. The molecule has 0 saturated heterocycles. The van der Waals surface area contributed by atoms with E-state index in [4.69, 9.17) is 9.84 Å². The average molecular weight is 245 g/mol. The van der Waals surface area contributed by atoms with Gasteiger partial charge in [-0.2, -0.15) is 0 Å². The van der Waals surface area contributed by atoms with Gasteiger partial charge in [-0.1, -0.05) is 0 Å². The van der Waals surface area contributed by atoms with Gasteiger partial charge in [0.25, 0.3) is 0 Å². The molecule has 0 fully saturated rings. The van der Waals surface area contributed by atoms with Crippen LogP contribution < -0.4 is 5.32 Å². The Morgan fingerprint density at radius 1 is 1.53 bits per heavy atom. The number of anilines is 1. The first-order chi connectivity index (χ1) is 7.89. The van der Waals surface area contributed by atoms with Crippen LogP contribution in [0.25, 0.3) is 0 Å². The lowest BCUT2D eigenvalue weighted by atomic mass is 10.0. The zero-order valence-corrected chi connectivity index (χ0v) is 9.46. The van der Waals surface area contributed by atoms with E-state index in [0.717, 1.165) is 18.2 Å². The van der Waals surface area contributed by atoms with Gasteiger partial charge in [0.15, 0.2) is 5.54 Å². The molecular formula is C11H13F2NO3. The quantitative estimate of drug-likeness (QED) is 0.831. The van der Waals surface area contributed by atoms with Gasteiger partial charge in [0.2, 0.25) is 0 Å². The van der Waals surface area contributed by atoms with E-state index in [1.165, 1.54) is 14.0 Å². The van der Waals surface area contributed by atoms with Crippen molar-refractivity contribution >= 4 is 11.7 Å². The molecule has 0 aliphatic carbocycles. The van der Waals surface area contributed by atoms with Gasteiger partial charge in [0, 0.05) is 7.11 Å². The number of carbonyl (C=O) groups is 1. The minimum atomic E-state index is -1.52. The fourth-order valence-electron chi connectivity index (χ4n) is 1.33. The van der Waals surface area contributed by atoms with Gasteiger partial charge in [0.1, 0.15) is 11.6 Å². The van der Waals surface area contributed by atoms with Crippen molar-refractivity contribution in [1.82, 2.24) is 0 Å². The maximum atomic E-state index is 13.3. The summed E-state index contributed by atoms with van der Waals surface area (Å²) in [7, 11) is 1.32. The molecule has 0 aliphatic rings. The van der Waals surface area contributed by atoms with Crippen molar-refractivity contribution in [3.05, 3.63) is 29.8 Å². The zero-order valence-electron chi connectivity index (χ0n) is 9.46. The molecule has 1 atom stereocenters. The molecule has 2 N–H and O–H groups in total. The van der Waals surface area contributed by atoms with Crippen LogP contribution in [0.2, 0.25) is 0 Å². The molecular weight excluding hydrogens is 232 g/mol. The second-order valence-corrected chi connectivity index (χ2v) is 3.82. The van der Waals surface area contributed by atoms with E-state index < -0.39 is 23.1 Å². The first kappa shape index (κ1) is 13.4. The maximum Gasteiger partial charge on any atom is 0.331 e. The Hall–Kier alpha value is -1.69. The van der Waals surface area contributed by atoms with Crippen LogP contribution in [0.1, 0.15) is 6.92 Å². The normalized spacial score (nSPS) is 14.1. The van der Waals surface area contributed by atoms with Crippen LogP contribution in [0.4, 0.5) is 14.5 Å². The first-order valence-corrected chi connectivity index (χ1v) is 4.84. The monoisotopic (exact) mass is 245 g/mol. The molecule has 1 aromatic carbocycles. The number of benzene rings is 1. The number of carboxylic acids is 1. The van der Waals surface area contributed by atoms with Crippen LogP contribution in [-0.4, -0.2) is 30.3 Å². The Morgan fingerprint density at radius 2 is 2.18 bits per heavy atom. The number of carboxylic acid groups (broad SMARTS) is 1. The largest absolute Gasteiger partial charge is 0.479 e. The molecule has 0 spiro atoms. The number of rotatable bonds is 5. The number of methoxy groups -OCH3 is 1. The maximum absolute atomic E-state index is 13.3. The summed E-state index contributed by atoms with van der Waals surface area (Å²) in [6, 6.07) is 2.77. The third kappa shape index (κ3) is 3.13. The minimum Gasteiger partial charge on any atom is -0.479 e. The van der Waals surface area contributed by atoms with Crippen molar-refractivity contribution < 1.29 is 23.4 Å². The number of hydrogen-bond acceptors (Lipinski definition) is 3. The number of aliphatic carboxylic acids is 1. The van der Waals surface area contributed by atoms with Crippen LogP contribution in [0.5, 0.6) is 0 Å². The van der Waals surface area contributed by atoms with E-state index in [2.05, 4.69) is 5.32 Å². The molecule has 0 amide bonds. The SMILES string of the molecule is COCC(C)(Nc1cc(F)ccc1F)C(=O)O. The van der Waals surface area contributed by atoms with Crippen molar-refractivity contribution in [2.75, 3.05) is 19.0 Å². The van der Waals surface area contributed by atoms with E-state index in [-0.39, 0.29) is 12.3 Å². The summed E-state index contributed by atoms with van der Waals surface area (Å²) >= 11 is 0. The predicted molar refractivity (Wildman–Crippen MR) is 57.9 cm³/mol. The van der Waals surface area contributed by atoms with E-state index in [1.54, 1.807) is 0 Å². The molecule has 0 bridgehead atoms. The van der Waals surface area contributed by atoms with Crippen molar-refractivity contribution in [2.24, 2.45) is 0 Å². The lowest BCUT2D eigenvalue weighted by molar-refractivity contribution is -0.143. The van der Waals surface area contributed by atoms with Crippen LogP contribution >= 0.6 is 0 Å². The highest BCUT2D eigenvalue weighted by Gasteiger charge is 2.33. The molecule has 0 radical (unpaired) electrons. The van der Waals surface area contributed by atoms with Crippen molar-refractivity contribution in [2.45, 2.75) is 12.5 Å². The molecule has 1 unspecified atom stereocenters. The van der Waals surface area contributed by atoms with Crippen LogP contribution in [0.15, 0.2) is 18.2 Å². The number of hydrogen-bond donors (Lipinski definition) is 2. The van der Waals surface area contributed by atoms with Crippen molar-refractivity contribution in [1.29, 1.82) is 0 Å².